The summed E-state index contributed by atoms with van der Waals surface area (Å²) in [5, 5.41) is 12.0. The van der Waals surface area contributed by atoms with Gasteiger partial charge in [0.05, 0.1) is 5.56 Å². The van der Waals surface area contributed by atoms with Gasteiger partial charge in [0.25, 0.3) is 0 Å². The number of aromatic nitrogens is 1. The molecule has 1 aromatic carbocycles. The highest BCUT2D eigenvalue weighted by molar-refractivity contribution is 5.74. The molecule has 1 heterocycles. The summed E-state index contributed by atoms with van der Waals surface area (Å²) in [5.74, 6) is 0.830. The Balaban J connectivity index is 1.64. The Labute approximate surface area is 135 Å². The lowest BCUT2D eigenvalue weighted by atomic mass is 10.2. The van der Waals surface area contributed by atoms with Crippen molar-refractivity contribution in [2.45, 2.75) is 32.4 Å². The molecule has 23 heavy (non-hydrogen) atoms. The molecule has 0 aliphatic heterocycles. The minimum absolute atomic E-state index is 0.136. The number of nitrogens with one attached hydrogen (secondary N) is 1. The van der Waals surface area contributed by atoms with Crippen LogP contribution in [-0.2, 0) is 11.3 Å². The molecule has 0 atom stereocenters. The average Bonchev–Trinajstić information content (AvgIpc) is 3.39. The molecule has 2 aromatic rings. The lowest BCUT2D eigenvalue weighted by molar-refractivity contribution is -0.130. The topological polar surface area (TPSA) is 69.0 Å². The highest BCUT2D eigenvalue weighted by Crippen LogP contribution is 2.28. The third-order valence-corrected chi connectivity index (χ3v) is 3.86. The maximum absolute atomic E-state index is 11.7. The van der Waals surface area contributed by atoms with Crippen LogP contribution >= 0.6 is 0 Å². The van der Waals surface area contributed by atoms with E-state index in [9.17, 15) is 4.79 Å². The highest BCUT2D eigenvalue weighted by Gasteiger charge is 2.30. The Hall–Kier alpha value is -2.87. The minimum atomic E-state index is 0.136. The van der Waals surface area contributed by atoms with E-state index in [1.165, 1.54) is 6.20 Å². The Morgan fingerprint density at radius 3 is 2.57 bits per heavy atom. The number of amides is 1. The van der Waals surface area contributed by atoms with E-state index in [4.69, 9.17) is 5.26 Å². The first-order chi connectivity index (χ1) is 11.2. The number of rotatable bonds is 5. The third kappa shape index (κ3) is 3.86. The summed E-state index contributed by atoms with van der Waals surface area (Å²) in [6.07, 6.45) is 3.77. The molecule has 3 rings (SSSR count). The first kappa shape index (κ1) is 15.0. The maximum Gasteiger partial charge on any atom is 0.219 e. The average molecular weight is 306 g/mol. The first-order valence-corrected chi connectivity index (χ1v) is 7.65. The van der Waals surface area contributed by atoms with Crippen molar-refractivity contribution in [3.05, 3.63) is 53.7 Å². The van der Waals surface area contributed by atoms with Crippen molar-refractivity contribution in [2.24, 2.45) is 0 Å². The number of nitrogens with zero attached hydrogens (tertiary/aromatic N) is 3. The molecule has 0 unspecified atom stereocenters. The molecule has 0 bridgehead atoms. The number of benzene rings is 1. The van der Waals surface area contributed by atoms with Crippen LogP contribution in [0.15, 0.2) is 42.6 Å². The predicted molar refractivity (Wildman–Crippen MR) is 87.9 cm³/mol. The summed E-state index contributed by atoms with van der Waals surface area (Å²) >= 11 is 0. The van der Waals surface area contributed by atoms with E-state index in [-0.39, 0.29) is 5.91 Å². The molecular weight excluding hydrogens is 288 g/mol. The van der Waals surface area contributed by atoms with Crippen LogP contribution in [0.5, 0.6) is 0 Å². The van der Waals surface area contributed by atoms with Crippen molar-refractivity contribution in [3.8, 4) is 6.07 Å². The van der Waals surface area contributed by atoms with Gasteiger partial charge in [-0.05, 0) is 42.7 Å². The highest BCUT2D eigenvalue weighted by atomic mass is 16.2. The van der Waals surface area contributed by atoms with E-state index < -0.39 is 0 Å². The Kier molecular flexibility index (Phi) is 4.24. The van der Waals surface area contributed by atoms with Gasteiger partial charge in [-0.15, -0.1) is 0 Å². The van der Waals surface area contributed by atoms with E-state index in [0.29, 0.717) is 24.0 Å². The van der Waals surface area contributed by atoms with E-state index in [2.05, 4.69) is 10.3 Å². The fraction of sp³-hybridized carbons (Fsp3) is 0.278. The smallest absolute Gasteiger partial charge is 0.219 e. The molecule has 0 saturated heterocycles. The predicted octanol–water partition coefficient (Wildman–Crippen LogP) is 3.21. The van der Waals surface area contributed by atoms with Crippen LogP contribution in [-0.4, -0.2) is 21.8 Å². The molecule has 1 aliphatic carbocycles. The van der Waals surface area contributed by atoms with Crippen molar-refractivity contribution in [2.75, 3.05) is 5.32 Å². The Morgan fingerprint density at radius 1 is 1.30 bits per heavy atom. The van der Waals surface area contributed by atoms with Gasteiger partial charge in [0.1, 0.15) is 11.9 Å². The van der Waals surface area contributed by atoms with Crippen molar-refractivity contribution >= 4 is 17.4 Å². The molecule has 0 radical (unpaired) electrons. The number of nitriles is 1. The van der Waals surface area contributed by atoms with Crippen molar-refractivity contribution < 1.29 is 4.79 Å². The minimum Gasteiger partial charge on any atom is -0.340 e. The third-order valence-electron chi connectivity index (χ3n) is 3.86. The summed E-state index contributed by atoms with van der Waals surface area (Å²) < 4.78 is 0. The second-order valence-corrected chi connectivity index (χ2v) is 5.74. The second-order valence-electron chi connectivity index (χ2n) is 5.74. The zero-order valence-corrected chi connectivity index (χ0v) is 13.0. The molecule has 1 fully saturated rings. The van der Waals surface area contributed by atoms with Crippen molar-refractivity contribution in [3.63, 3.8) is 0 Å². The molecule has 116 valence electrons. The van der Waals surface area contributed by atoms with Gasteiger partial charge >= 0.3 is 0 Å². The summed E-state index contributed by atoms with van der Waals surface area (Å²) in [7, 11) is 0. The van der Waals surface area contributed by atoms with Crippen LogP contribution in [0.3, 0.4) is 0 Å². The van der Waals surface area contributed by atoms with Crippen molar-refractivity contribution in [1.82, 2.24) is 9.88 Å². The second kappa shape index (κ2) is 6.49. The zero-order chi connectivity index (χ0) is 16.2. The number of carbonyl (C=O) groups is 1. The van der Waals surface area contributed by atoms with Gasteiger partial charge in [0.15, 0.2) is 0 Å². The summed E-state index contributed by atoms with van der Waals surface area (Å²) in [4.78, 5) is 17.8. The molecule has 1 saturated carbocycles. The molecule has 1 N–H and O–H groups in total. The van der Waals surface area contributed by atoms with Crippen LogP contribution in [0.1, 0.15) is 30.9 Å². The fourth-order valence-corrected chi connectivity index (χ4v) is 2.46. The lowest BCUT2D eigenvalue weighted by Crippen LogP contribution is -2.30. The summed E-state index contributed by atoms with van der Waals surface area (Å²) in [5.41, 5.74) is 2.58. The van der Waals surface area contributed by atoms with Crippen LogP contribution in [0.2, 0.25) is 0 Å². The monoisotopic (exact) mass is 306 g/mol. The van der Waals surface area contributed by atoms with Crippen molar-refractivity contribution in [1.29, 1.82) is 5.26 Å². The first-order valence-electron chi connectivity index (χ1n) is 7.65. The maximum atomic E-state index is 11.7. The molecule has 5 heteroatoms. The number of hydrogen-bond donors (Lipinski definition) is 1. The summed E-state index contributed by atoms with van der Waals surface area (Å²) in [6, 6.07) is 14.0. The zero-order valence-electron chi connectivity index (χ0n) is 13.0. The van der Waals surface area contributed by atoms with E-state index >= 15 is 0 Å². The SMILES string of the molecule is CC(=O)N(Cc1ccc(Nc2ccc(C#N)cn2)cc1)C1CC1. The number of carbonyl (C=O) groups excluding carboxylic acids is 1. The van der Waals surface area contributed by atoms with Gasteiger partial charge in [0.2, 0.25) is 5.91 Å². The van der Waals surface area contributed by atoms with Gasteiger partial charge in [-0.2, -0.15) is 5.26 Å². The van der Waals surface area contributed by atoms with Crippen LogP contribution in [0.25, 0.3) is 0 Å². The molecular formula is C18H18N4O. The quantitative estimate of drug-likeness (QED) is 0.921. The lowest BCUT2D eigenvalue weighted by Gasteiger charge is -2.20. The fourth-order valence-electron chi connectivity index (χ4n) is 2.46. The largest absolute Gasteiger partial charge is 0.340 e. The molecule has 1 amide bonds. The van der Waals surface area contributed by atoms with Gasteiger partial charge < -0.3 is 10.2 Å². The van der Waals surface area contributed by atoms with E-state index in [0.717, 1.165) is 24.1 Å². The van der Waals surface area contributed by atoms with Gasteiger partial charge in [-0.3, -0.25) is 4.79 Å². The Bertz CT molecular complexity index is 727. The van der Waals surface area contributed by atoms with Gasteiger partial charge in [-0.25, -0.2) is 4.98 Å². The molecule has 1 aromatic heterocycles. The Morgan fingerprint density at radius 2 is 2.04 bits per heavy atom. The van der Waals surface area contributed by atoms with E-state index in [1.54, 1.807) is 19.1 Å². The van der Waals surface area contributed by atoms with Crippen LogP contribution < -0.4 is 5.32 Å². The molecule has 5 nitrogen and oxygen atoms in total. The number of anilines is 2. The molecule has 1 aliphatic rings. The molecule has 0 spiro atoms. The number of pyridine rings is 1. The normalized spacial score (nSPS) is 13.2. The number of hydrogen-bond acceptors (Lipinski definition) is 4. The standard InChI is InChI=1S/C18H18N4O/c1-13(23)22(17-7-8-17)12-14-2-5-16(6-3-14)21-18-9-4-15(10-19)11-20-18/h2-6,9,11,17H,7-8,12H2,1H3,(H,20,21). The van der Waals surface area contributed by atoms with Crippen LogP contribution in [0, 0.1) is 11.3 Å². The van der Waals surface area contributed by atoms with E-state index in [1.807, 2.05) is 35.2 Å². The van der Waals surface area contributed by atoms with Gasteiger partial charge in [-0.1, -0.05) is 12.1 Å². The van der Waals surface area contributed by atoms with Crippen LogP contribution in [0.4, 0.5) is 11.5 Å². The summed E-state index contributed by atoms with van der Waals surface area (Å²) in [6.45, 7) is 2.29. The van der Waals surface area contributed by atoms with Gasteiger partial charge in [0, 0.05) is 31.4 Å².